The van der Waals surface area contributed by atoms with Crippen LogP contribution in [0.25, 0.3) is 0 Å². The fourth-order valence-electron chi connectivity index (χ4n) is 2.51. The standard InChI is InChI=1S/C16H25ClN2O/c1-16(2,3)18-10-13-14(17)6-5-7-15(13)19-9-8-12(11-19)20-4/h5-7,12,18H,8-11H2,1-4H3. The molecule has 0 bridgehead atoms. The number of nitrogens with zero attached hydrogens (tertiary/aromatic N) is 1. The van der Waals surface area contributed by atoms with Crippen molar-refractivity contribution in [2.45, 2.75) is 45.4 Å². The molecular weight excluding hydrogens is 272 g/mol. The van der Waals surface area contributed by atoms with Crippen LogP contribution in [0.5, 0.6) is 0 Å². The van der Waals surface area contributed by atoms with Gasteiger partial charge in [-0.1, -0.05) is 17.7 Å². The van der Waals surface area contributed by atoms with Gasteiger partial charge in [-0.3, -0.25) is 0 Å². The van der Waals surface area contributed by atoms with E-state index in [1.807, 2.05) is 12.1 Å². The van der Waals surface area contributed by atoms with Gasteiger partial charge >= 0.3 is 0 Å². The van der Waals surface area contributed by atoms with Gasteiger partial charge in [0.15, 0.2) is 0 Å². The fraction of sp³-hybridized carbons (Fsp3) is 0.625. The SMILES string of the molecule is COC1CCN(c2cccc(Cl)c2CNC(C)(C)C)C1. The first kappa shape index (κ1) is 15.6. The van der Waals surface area contributed by atoms with Crippen molar-refractivity contribution in [3.8, 4) is 0 Å². The van der Waals surface area contributed by atoms with Crippen LogP contribution in [0.2, 0.25) is 5.02 Å². The van der Waals surface area contributed by atoms with Crippen molar-refractivity contribution in [1.29, 1.82) is 0 Å². The lowest BCUT2D eigenvalue weighted by Gasteiger charge is -2.26. The molecule has 0 radical (unpaired) electrons. The first-order valence-corrected chi connectivity index (χ1v) is 7.58. The maximum atomic E-state index is 6.41. The predicted octanol–water partition coefficient (Wildman–Crippen LogP) is 3.45. The van der Waals surface area contributed by atoms with Gasteiger partial charge in [-0.05, 0) is 39.3 Å². The average Bonchev–Trinajstić information content (AvgIpc) is 2.84. The summed E-state index contributed by atoms with van der Waals surface area (Å²) in [5, 5.41) is 4.36. The Balaban J connectivity index is 2.18. The third-order valence-electron chi connectivity index (χ3n) is 3.71. The van der Waals surface area contributed by atoms with E-state index in [1.54, 1.807) is 7.11 Å². The summed E-state index contributed by atoms with van der Waals surface area (Å²) in [5.41, 5.74) is 2.49. The maximum Gasteiger partial charge on any atom is 0.0762 e. The molecular formula is C16H25ClN2O. The van der Waals surface area contributed by atoms with Crippen molar-refractivity contribution in [1.82, 2.24) is 5.32 Å². The van der Waals surface area contributed by atoms with Gasteiger partial charge in [-0.2, -0.15) is 0 Å². The first-order chi connectivity index (χ1) is 9.40. The van der Waals surface area contributed by atoms with E-state index in [9.17, 15) is 0 Å². The Kier molecular flexibility index (Phi) is 4.95. The van der Waals surface area contributed by atoms with Gasteiger partial charge in [-0.15, -0.1) is 0 Å². The highest BCUT2D eigenvalue weighted by molar-refractivity contribution is 6.31. The minimum atomic E-state index is 0.0799. The Morgan fingerprint density at radius 3 is 2.75 bits per heavy atom. The number of ether oxygens (including phenoxy) is 1. The largest absolute Gasteiger partial charge is 0.380 e. The molecule has 0 aliphatic carbocycles. The van der Waals surface area contributed by atoms with Gasteiger partial charge in [0.1, 0.15) is 0 Å². The first-order valence-electron chi connectivity index (χ1n) is 7.21. The van der Waals surface area contributed by atoms with Gasteiger partial charge in [0, 0.05) is 48.6 Å². The molecule has 1 aromatic carbocycles. The highest BCUT2D eigenvalue weighted by Crippen LogP contribution is 2.30. The second kappa shape index (κ2) is 6.33. The van der Waals surface area contributed by atoms with E-state index in [2.05, 4.69) is 37.1 Å². The third kappa shape index (κ3) is 3.87. The highest BCUT2D eigenvalue weighted by atomic mass is 35.5. The van der Waals surface area contributed by atoms with Crippen LogP contribution >= 0.6 is 11.6 Å². The van der Waals surface area contributed by atoms with E-state index in [0.717, 1.165) is 31.1 Å². The Hall–Kier alpha value is -0.770. The van der Waals surface area contributed by atoms with Crippen LogP contribution in [-0.2, 0) is 11.3 Å². The number of methoxy groups -OCH3 is 1. The topological polar surface area (TPSA) is 24.5 Å². The molecule has 1 aliphatic rings. The molecule has 1 unspecified atom stereocenters. The summed E-state index contributed by atoms with van der Waals surface area (Å²) in [6.45, 7) is 9.26. The lowest BCUT2D eigenvalue weighted by atomic mass is 10.1. The summed E-state index contributed by atoms with van der Waals surface area (Å²) in [6.07, 6.45) is 1.41. The molecule has 0 spiro atoms. The summed E-state index contributed by atoms with van der Waals surface area (Å²) in [6, 6.07) is 6.15. The number of hydrogen-bond donors (Lipinski definition) is 1. The molecule has 1 atom stereocenters. The highest BCUT2D eigenvalue weighted by Gasteiger charge is 2.24. The van der Waals surface area contributed by atoms with Gasteiger partial charge < -0.3 is 15.0 Å². The molecule has 1 fully saturated rings. The molecule has 1 saturated heterocycles. The summed E-state index contributed by atoms with van der Waals surface area (Å²) in [5.74, 6) is 0. The Bertz CT molecular complexity index is 456. The van der Waals surface area contributed by atoms with Crippen LogP contribution in [0.15, 0.2) is 18.2 Å². The molecule has 1 N–H and O–H groups in total. The van der Waals surface area contributed by atoms with E-state index in [0.29, 0.717) is 6.10 Å². The number of hydrogen-bond acceptors (Lipinski definition) is 3. The molecule has 0 saturated carbocycles. The van der Waals surface area contributed by atoms with E-state index in [-0.39, 0.29) is 5.54 Å². The summed E-state index contributed by atoms with van der Waals surface area (Å²) in [4.78, 5) is 2.37. The van der Waals surface area contributed by atoms with E-state index in [4.69, 9.17) is 16.3 Å². The van der Waals surface area contributed by atoms with Gasteiger partial charge in [0.05, 0.1) is 6.10 Å². The monoisotopic (exact) mass is 296 g/mol. The number of benzene rings is 1. The van der Waals surface area contributed by atoms with Crippen LogP contribution in [0, 0.1) is 0 Å². The smallest absolute Gasteiger partial charge is 0.0762 e. The van der Waals surface area contributed by atoms with Crippen LogP contribution in [0.4, 0.5) is 5.69 Å². The normalized spacial score (nSPS) is 19.6. The van der Waals surface area contributed by atoms with Crippen LogP contribution in [-0.4, -0.2) is 31.8 Å². The molecule has 2 rings (SSSR count). The Morgan fingerprint density at radius 2 is 2.15 bits per heavy atom. The van der Waals surface area contributed by atoms with E-state index >= 15 is 0 Å². The minimum Gasteiger partial charge on any atom is -0.380 e. The van der Waals surface area contributed by atoms with Gasteiger partial charge in [0.25, 0.3) is 0 Å². The summed E-state index contributed by atoms with van der Waals surface area (Å²) < 4.78 is 5.46. The van der Waals surface area contributed by atoms with E-state index in [1.165, 1.54) is 11.3 Å². The lowest BCUT2D eigenvalue weighted by Crippen LogP contribution is -2.35. The zero-order valence-corrected chi connectivity index (χ0v) is 13.6. The molecule has 3 nitrogen and oxygen atoms in total. The predicted molar refractivity (Wildman–Crippen MR) is 85.7 cm³/mol. The second-order valence-electron chi connectivity index (χ2n) is 6.43. The average molecular weight is 297 g/mol. The minimum absolute atomic E-state index is 0.0799. The number of nitrogens with one attached hydrogen (secondary N) is 1. The summed E-state index contributed by atoms with van der Waals surface area (Å²) >= 11 is 6.41. The quantitative estimate of drug-likeness (QED) is 0.921. The van der Waals surface area contributed by atoms with Crippen molar-refractivity contribution in [2.24, 2.45) is 0 Å². The Morgan fingerprint density at radius 1 is 1.40 bits per heavy atom. The third-order valence-corrected chi connectivity index (χ3v) is 4.06. The maximum absolute atomic E-state index is 6.41. The van der Waals surface area contributed by atoms with Crippen molar-refractivity contribution < 1.29 is 4.74 Å². The molecule has 4 heteroatoms. The molecule has 1 aliphatic heterocycles. The van der Waals surface area contributed by atoms with Crippen molar-refractivity contribution in [2.75, 3.05) is 25.1 Å². The molecule has 0 aromatic heterocycles. The van der Waals surface area contributed by atoms with Crippen molar-refractivity contribution in [3.63, 3.8) is 0 Å². The molecule has 112 valence electrons. The van der Waals surface area contributed by atoms with Crippen molar-refractivity contribution in [3.05, 3.63) is 28.8 Å². The van der Waals surface area contributed by atoms with Crippen molar-refractivity contribution >= 4 is 17.3 Å². The second-order valence-corrected chi connectivity index (χ2v) is 6.84. The zero-order valence-electron chi connectivity index (χ0n) is 12.9. The van der Waals surface area contributed by atoms with Gasteiger partial charge in [-0.25, -0.2) is 0 Å². The number of rotatable bonds is 4. The van der Waals surface area contributed by atoms with Crippen LogP contribution in [0.3, 0.4) is 0 Å². The summed E-state index contributed by atoms with van der Waals surface area (Å²) in [7, 11) is 1.79. The zero-order chi connectivity index (χ0) is 14.8. The molecule has 0 amide bonds. The molecule has 1 heterocycles. The molecule has 1 aromatic rings. The van der Waals surface area contributed by atoms with Crippen LogP contribution in [0.1, 0.15) is 32.8 Å². The van der Waals surface area contributed by atoms with Gasteiger partial charge in [0.2, 0.25) is 0 Å². The van der Waals surface area contributed by atoms with Crippen LogP contribution < -0.4 is 10.2 Å². The Labute approximate surface area is 127 Å². The van der Waals surface area contributed by atoms with E-state index < -0.39 is 0 Å². The number of anilines is 1. The lowest BCUT2D eigenvalue weighted by molar-refractivity contribution is 0.121. The number of halogens is 1. The fourth-order valence-corrected chi connectivity index (χ4v) is 2.75. The molecule has 20 heavy (non-hydrogen) atoms.